The quantitative estimate of drug-likeness (QED) is 0.866. The van der Waals surface area contributed by atoms with Gasteiger partial charge >= 0.3 is 6.18 Å². The first-order valence-corrected chi connectivity index (χ1v) is 6.10. The molecule has 0 spiro atoms. The number of aliphatic hydroxyl groups excluding tert-OH is 1. The zero-order valence-corrected chi connectivity index (χ0v) is 10.8. The molecule has 0 aliphatic rings. The van der Waals surface area contributed by atoms with Gasteiger partial charge in [-0.1, -0.05) is 18.2 Å². The van der Waals surface area contributed by atoms with Gasteiger partial charge in [-0.25, -0.2) is 4.39 Å². The van der Waals surface area contributed by atoms with Crippen LogP contribution in [0.2, 0.25) is 0 Å². The number of ether oxygens (including phenoxy) is 1. The molecule has 0 aliphatic heterocycles. The van der Waals surface area contributed by atoms with Crippen molar-refractivity contribution in [3.63, 3.8) is 0 Å². The summed E-state index contributed by atoms with van der Waals surface area (Å²) in [5.41, 5.74) is -0.758. The number of halogens is 4. The van der Waals surface area contributed by atoms with Crippen molar-refractivity contribution in [1.29, 1.82) is 0 Å². The van der Waals surface area contributed by atoms with Crippen molar-refractivity contribution < 1.29 is 27.4 Å². The maximum atomic E-state index is 12.9. The summed E-state index contributed by atoms with van der Waals surface area (Å²) in [6.45, 7) is -0.273. The Morgan fingerprint density at radius 1 is 1.05 bits per heavy atom. The van der Waals surface area contributed by atoms with E-state index in [-0.39, 0.29) is 17.9 Å². The predicted octanol–water partition coefficient (Wildman–Crippen LogP) is 3.96. The Kier molecular flexibility index (Phi) is 4.47. The van der Waals surface area contributed by atoms with E-state index in [1.807, 2.05) is 0 Å². The Labute approximate surface area is 118 Å². The zero-order valence-electron chi connectivity index (χ0n) is 10.8. The fourth-order valence-corrected chi connectivity index (χ4v) is 1.75. The van der Waals surface area contributed by atoms with Crippen LogP contribution in [-0.2, 0) is 6.18 Å². The SMILES string of the molecule is OC(COc1cccc(F)c1)c1cccc(C(F)(F)F)c1. The Morgan fingerprint density at radius 3 is 2.43 bits per heavy atom. The first kappa shape index (κ1) is 15.3. The first-order chi connectivity index (χ1) is 9.86. The van der Waals surface area contributed by atoms with E-state index in [1.54, 1.807) is 0 Å². The molecule has 1 unspecified atom stereocenters. The smallest absolute Gasteiger partial charge is 0.416 e. The second-order valence-electron chi connectivity index (χ2n) is 4.41. The molecule has 0 radical (unpaired) electrons. The van der Waals surface area contributed by atoms with Gasteiger partial charge in [0.05, 0.1) is 5.56 Å². The molecule has 0 saturated carbocycles. The lowest BCUT2D eigenvalue weighted by Crippen LogP contribution is -2.12. The number of aliphatic hydroxyl groups is 1. The van der Waals surface area contributed by atoms with Crippen molar-refractivity contribution in [2.45, 2.75) is 12.3 Å². The van der Waals surface area contributed by atoms with Crippen molar-refractivity contribution in [2.75, 3.05) is 6.61 Å². The van der Waals surface area contributed by atoms with E-state index in [9.17, 15) is 22.7 Å². The van der Waals surface area contributed by atoms with Crippen LogP contribution in [-0.4, -0.2) is 11.7 Å². The average molecular weight is 300 g/mol. The maximum Gasteiger partial charge on any atom is 0.416 e. The first-order valence-electron chi connectivity index (χ1n) is 6.10. The number of benzene rings is 2. The van der Waals surface area contributed by atoms with Crippen LogP contribution < -0.4 is 4.74 Å². The fourth-order valence-electron chi connectivity index (χ4n) is 1.75. The molecule has 112 valence electrons. The van der Waals surface area contributed by atoms with E-state index in [4.69, 9.17) is 4.74 Å². The molecule has 0 amide bonds. The molecule has 0 aromatic heterocycles. The van der Waals surface area contributed by atoms with E-state index in [0.29, 0.717) is 0 Å². The van der Waals surface area contributed by atoms with Crippen LogP contribution in [0.25, 0.3) is 0 Å². The van der Waals surface area contributed by atoms with Gasteiger partial charge in [-0.2, -0.15) is 13.2 Å². The summed E-state index contributed by atoms with van der Waals surface area (Å²) in [7, 11) is 0. The summed E-state index contributed by atoms with van der Waals surface area (Å²) in [5.74, 6) is -0.304. The zero-order chi connectivity index (χ0) is 15.5. The number of hydrogen-bond donors (Lipinski definition) is 1. The molecule has 0 aliphatic carbocycles. The Hall–Kier alpha value is -2.08. The summed E-state index contributed by atoms with van der Waals surface area (Å²) < 4.78 is 55.8. The number of rotatable bonds is 4. The molecule has 0 fully saturated rings. The summed E-state index contributed by atoms with van der Waals surface area (Å²) in [5, 5.41) is 9.86. The van der Waals surface area contributed by atoms with E-state index in [1.165, 1.54) is 30.3 Å². The summed E-state index contributed by atoms with van der Waals surface area (Å²) in [4.78, 5) is 0. The van der Waals surface area contributed by atoms with Crippen LogP contribution in [0.5, 0.6) is 5.75 Å². The van der Waals surface area contributed by atoms with Gasteiger partial charge in [0.15, 0.2) is 0 Å². The minimum atomic E-state index is -4.47. The third-order valence-corrected chi connectivity index (χ3v) is 2.80. The lowest BCUT2D eigenvalue weighted by atomic mass is 10.1. The van der Waals surface area contributed by atoms with E-state index >= 15 is 0 Å². The van der Waals surface area contributed by atoms with Crippen LogP contribution in [0, 0.1) is 5.82 Å². The number of hydrogen-bond acceptors (Lipinski definition) is 2. The third-order valence-electron chi connectivity index (χ3n) is 2.80. The topological polar surface area (TPSA) is 29.5 Å². The van der Waals surface area contributed by atoms with Gasteiger partial charge in [0.1, 0.15) is 24.3 Å². The van der Waals surface area contributed by atoms with Crippen LogP contribution in [0.3, 0.4) is 0 Å². The van der Waals surface area contributed by atoms with Crippen molar-refractivity contribution in [2.24, 2.45) is 0 Å². The molecule has 0 heterocycles. The molecule has 0 saturated heterocycles. The minimum Gasteiger partial charge on any atom is -0.490 e. The molecule has 1 N–H and O–H groups in total. The number of alkyl halides is 3. The molecule has 2 nitrogen and oxygen atoms in total. The lowest BCUT2D eigenvalue weighted by Gasteiger charge is -2.14. The maximum absolute atomic E-state index is 12.9. The van der Waals surface area contributed by atoms with Gasteiger partial charge in [0.2, 0.25) is 0 Å². The molecular formula is C15H12F4O2. The second kappa shape index (κ2) is 6.13. The molecular weight excluding hydrogens is 288 g/mol. The highest BCUT2D eigenvalue weighted by Crippen LogP contribution is 2.30. The predicted molar refractivity (Wildman–Crippen MR) is 68.3 cm³/mol. The van der Waals surface area contributed by atoms with E-state index in [2.05, 4.69) is 0 Å². The Morgan fingerprint density at radius 2 is 1.76 bits per heavy atom. The highest BCUT2D eigenvalue weighted by atomic mass is 19.4. The van der Waals surface area contributed by atoms with Crippen LogP contribution in [0.1, 0.15) is 17.2 Å². The van der Waals surface area contributed by atoms with Crippen LogP contribution in [0.4, 0.5) is 17.6 Å². The molecule has 6 heteroatoms. The van der Waals surface area contributed by atoms with Crippen LogP contribution in [0.15, 0.2) is 48.5 Å². The monoisotopic (exact) mass is 300 g/mol. The van der Waals surface area contributed by atoms with Crippen molar-refractivity contribution in [1.82, 2.24) is 0 Å². The van der Waals surface area contributed by atoms with Gasteiger partial charge in [0, 0.05) is 6.07 Å². The standard InChI is InChI=1S/C15H12F4O2/c16-12-5-2-6-13(8-12)21-9-14(20)10-3-1-4-11(7-10)15(17,18)19/h1-8,14,20H,9H2. The highest BCUT2D eigenvalue weighted by Gasteiger charge is 2.30. The van der Waals surface area contributed by atoms with E-state index in [0.717, 1.165) is 18.2 Å². The van der Waals surface area contributed by atoms with Crippen molar-refractivity contribution in [3.05, 3.63) is 65.5 Å². The average Bonchev–Trinajstić information content (AvgIpc) is 2.44. The molecule has 1 atom stereocenters. The lowest BCUT2D eigenvalue weighted by molar-refractivity contribution is -0.137. The molecule has 2 aromatic carbocycles. The van der Waals surface area contributed by atoms with E-state index < -0.39 is 23.7 Å². The van der Waals surface area contributed by atoms with Gasteiger partial charge in [0.25, 0.3) is 0 Å². The second-order valence-corrected chi connectivity index (χ2v) is 4.41. The normalized spacial score (nSPS) is 13.0. The van der Waals surface area contributed by atoms with Gasteiger partial charge in [-0.15, -0.1) is 0 Å². The largest absolute Gasteiger partial charge is 0.490 e. The minimum absolute atomic E-state index is 0.0845. The van der Waals surface area contributed by atoms with Gasteiger partial charge in [-0.3, -0.25) is 0 Å². The Bertz CT molecular complexity index is 611. The Balaban J connectivity index is 2.05. The van der Waals surface area contributed by atoms with Gasteiger partial charge in [-0.05, 0) is 29.8 Å². The van der Waals surface area contributed by atoms with Crippen molar-refractivity contribution in [3.8, 4) is 5.75 Å². The van der Waals surface area contributed by atoms with Gasteiger partial charge < -0.3 is 9.84 Å². The summed E-state index contributed by atoms with van der Waals surface area (Å²) in [6.07, 6.45) is -5.71. The molecule has 0 bridgehead atoms. The fraction of sp³-hybridized carbons (Fsp3) is 0.200. The highest BCUT2D eigenvalue weighted by molar-refractivity contribution is 5.28. The van der Waals surface area contributed by atoms with Crippen molar-refractivity contribution >= 4 is 0 Å². The summed E-state index contributed by atoms with van der Waals surface area (Å²) in [6, 6.07) is 9.64. The third kappa shape index (κ3) is 4.19. The molecule has 21 heavy (non-hydrogen) atoms. The molecule has 2 aromatic rings. The van der Waals surface area contributed by atoms with Crippen LogP contribution >= 0.6 is 0 Å². The molecule has 2 rings (SSSR count). The summed E-state index contributed by atoms with van der Waals surface area (Å²) >= 11 is 0.